The molecule has 10 nitrogen and oxygen atoms in total. The van der Waals surface area contributed by atoms with Gasteiger partial charge in [-0.3, -0.25) is 4.79 Å². The van der Waals surface area contributed by atoms with Crippen LogP contribution in [-0.2, 0) is 20.7 Å². The number of nitrogens with one attached hydrogen (secondary N) is 1. The molecule has 3 rings (SSSR count). The van der Waals surface area contributed by atoms with Gasteiger partial charge >= 0.3 is 10.3 Å². The van der Waals surface area contributed by atoms with Crippen LogP contribution in [0.15, 0.2) is 36.4 Å². The Bertz CT molecular complexity index is 1020. The number of carbonyl (C=O) groups excluding carboxylic acids is 1. The van der Waals surface area contributed by atoms with Gasteiger partial charge in [-0.15, -0.1) is 0 Å². The highest BCUT2D eigenvalue weighted by Gasteiger charge is 2.63. The molecular weight excluding hydrogens is 421 g/mol. The summed E-state index contributed by atoms with van der Waals surface area (Å²) in [5.41, 5.74) is -5.56. The molecule has 2 N–H and O–H groups in total. The number of hydrogen-bond acceptors (Lipinski definition) is 9. The molecule has 1 aliphatic rings. The van der Waals surface area contributed by atoms with Crippen molar-refractivity contribution >= 4 is 16.2 Å². The lowest BCUT2D eigenvalue weighted by atomic mass is 9.86. The van der Waals surface area contributed by atoms with Gasteiger partial charge in [0.15, 0.2) is 11.4 Å². The molecule has 0 bridgehead atoms. The highest BCUT2D eigenvalue weighted by molar-refractivity contribution is 7.85. The van der Waals surface area contributed by atoms with Crippen LogP contribution in [-0.4, -0.2) is 49.3 Å². The molecule has 1 heterocycles. The van der Waals surface area contributed by atoms with E-state index in [1.807, 2.05) is 0 Å². The van der Waals surface area contributed by atoms with E-state index in [9.17, 15) is 18.3 Å². The molecule has 162 valence electrons. The summed E-state index contributed by atoms with van der Waals surface area (Å²) in [5.74, 6) is -2.19. The molecule has 1 aromatic heterocycles. The van der Waals surface area contributed by atoms with E-state index in [-0.39, 0.29) is 30.4 Å². The molecule has 12 heteroatoms. The lowest BCUT2D eigenvalue weighted by Crippen LogP contribution is -2.57. The molecule has 1 saturated carbocycles. The zero-order chi connectivity index (χ0) is 22.0. The van der Waals surface area contributed by atoms with Crippen molar-refractivity contribution in [3.05, 3.63) is 42.2 Å². The van der Waals surface area contributed by atoms with Gasteiger partial charge in [-0.25, -0.2) is 9.11 Å². The number of benzene rings is 1. The van der Waals surface area contributed by atoms with Crippen molar-refractivity contribution in [2.45, 2.75) is 30.5 Å². The SMILES string of the molecule is COc1cc(OC)nc(C2(O)CCCC2(F)C(=O)NS(=O)(=O)Oc2ccccc2)n1. The minimum Gasteiger partial charge on any atom is -0.481 e. The number of nitrogens with zero attached hydrogens (tertiary/aromatic N) is 2. The average molecular weight is 441 g/mol. The maximum atomic E-state index is 15.8. The van der Waals surface area contributed by atoms with Gasteiger partial charge in [0.2, 0.25) is 17.4 Å². The fourth-order valence-corrected chi connectivity index (χ4v) is 3.99. The molecule has 2 aromatic rings. The third kappa shape index (κ3) is 4.00. The molecule has 30 heavy (non-hydrogen) atoms. The van der Waals surface area contributed by atoms with Crippen LogP contribution >= 0.6 is 0 Å². The van der Waals surface area contributed by atoms with E-state index in [0.717, 1.165) is 0 Å². The quantitative estimate of drug-likeness (QED) is 0.645. The van der Waals surface area contributed by atoms with Crippen LogP contribution < -0.4 is 18.4 Å². The van der Waals surface area contributed by atoms with Gasteiger partial charge in [-0.2, -0.15) is 18.4 Å². The summed E-state index contributed by atoms with van der Waals surface area (Å²) in [5, 5.41) is 11.1. The van der Waals surface area contributed by atoms with Crippen molar-refractivity contribution in [1.29, 1.82) is 0 Å². The molecule has 1 fully saturated rings. The van der Waals surface area contributed by atoms with Crippen molar-refractivity contribution < 1.29 is 36.4 Å². The lowest BCUT2D eigenvalue weighted by Gasteiger charge is -2.33. The van der Waals surface area contributed by atoms with E-state index in [4.69, 9.17) is 13.7 Å². The number of alkyl halides is 1. The minimum atomic E-state index is -4.71. The zero-order valence-corrected chi connectivity index (χ0v) is 17.0. The maximum absolute atomic E-state index is 15.8. The fourth-order valence-electron chi connectivity index (χ4n) is 3.20. The van der Waals surface area contributed by atoms with Crippen molar-refractivity contribution in [1.82, 2.24) is 14.7 Å². The molecule has 1 aromatic carbocycles. The predicted octanol–water partition coefficient (Wildman–Crippen LogP) is 1.01. The standard InChI is InChI=1S/C18H20FN3O7S/c1-27-13-11-14(28-2)21-15(20-13)18(24)10-6-9-17(18,19)16(23)22-30(25,26)29-12-7-4-3-5-8-12/h3-5,7-8,11,24H,6,9-10H2,1-2H3,(H,22,23). The van der Waals surface area contributed by atoms with E-state index in [0.29, 0.717) is 0 Å². The van der Waals surface area contributed by atoms with Gasteiger partial charge < -0.3 is 18.8 Å². The smallest absolute Gasteiger partial charge is 0.409 e. The van der Waals surface area contributed by atoms with Gasteiger partial charge in [0.25, 0.3) is 5.91 Å². The van der Waals surface area contributed by atoms with E-state index in [1.54, 1.807) is 6.07 Å². The van der Waals surface area contributed by atoms with Crippen LogP contribution in [0.4, 0.5) is 4.39 Å². The first-order valence-corrected chi connectivity index (χ1v) is 10.2. The summed E-state index contributed by atoms with van der Waals surface area (Å²) in [6, 6.07) is 8.67. The van der Waals surface area contributed by atoms with Crippen LogP contribution in [0.5, 0.6) is 17.5 Å². The molecule has 0 aliphatic heterocycles. The second-order valence-corrected chi connectivity index (χ2v) is 7.85. The third-order valence-corrected chi connectivity index (χ3v) is 5.56. The first-order chi connectivity index (χ1) is 14.1. The topological polar surface area (TPSA) is 137 Å². The Morgan fingerprint density at radius 1 is 1.13 bits per heavy atom. The van der Waals surface area contributed by atoms with Crippen LogP contribution in [0.2, 0.25) is 0 Å². The normalized spacial score (nSPS) is 23.6. The zero-order valence-electron chi connectivity index (χ0n) is 16.2. The van der Waals surface area contributed by atoms with Crippen LogP contribution in [0.25, 0.3) is 0 Å². The van der Waals surface area contributed by atoms with Crippen molar-refractivity contribution in [2.75, 3.05) is 14.2 Å². The summed E-state index contributed by atoms with van der Waals surface area (Å²) in [6.45, 7) is 0. The minimum absolute atomic E-state index is 0.0278. The number of para-hydroxylation sites is 1. The fraction of sp³-hybridized carbons (Fsp3) is 0.389. The van der Waals surface area contributed by atoms with Crippen LogP contribution in [0.3, 0.4) is 0 Å². The maximum Gasteiger partial charge on any atom is 0.409 e. The number of ether oxygens (including phenoxy) is 2. The number of rotatable bonds is 7. The van der Waals surface area contributed by atoms with Crippen molar-refractivity contribution in [3.8, 4) is 17.5 Å². The average Bonchev–Trinajstić information content (AvgIpc) is 3.04. The Balaban J connectivity index is 1.91. The number of halogens is 1. The number of carbonyl (C=O) groups is 1. The van der Waals surface area contributed by atoms with Gasteiger partial charge in [-0.1, -0.05) is 18.2 Å². The Morgan fingerprint density at radius 2 is 1.73 bits per heavy atom. The summed E-state index contributed by atoms with van der Waals surface area (Å²) < 4.78 is 56.5. The van der Waals surface area contributed by atoms with Crippen LogP contribution in [0.1, 0.15) is 25.1 Å². The van der Waals surface area contributed by atoms with Gasteiger partial charge in [0.05, 0.1) is 20.3 Å². The number of amides is 1. The Morgan fingerprint density at radius 3 is 2.30 bits per heavy atom. The molecule has 2 unspecified atom stereocenters. The van der Waals surface area contributed by atoms with Crippen molar-refractivity contribution in [2.24, 2.45) is 0 Å². The molecule has 0 spiro atoms. The lowest BCUT2D eigenvalue weighted by molar-refractivity contribution is -0.152. The molecule has 0 saturated heterocycles. The highest BCUT2D eigenvalue weighted by Crippen LogP contribution is 2.49. The summed E-state index contributed by atoms with van der Waals surface area (Å²) >= 11 is 0. The largest absolute Gasteiger partial charge is 0.481 e. The molecular formula is C18H20FN3O7S. The molecule has 1 amide bonds. The molecule has 1 aliphatic carbocycles. The van der Waals surface area contributed by atoms with E-state index in [2.05, 4.69) is 9.97 Å². The number of hydrogen-bond donors (Lipinski definition) is 2. The molecule has 2 atom stereocenters. The number of aliphatic hydroxyl groups is 1. The number of aromatic nitrogens is 2. The van der Waals surface area contributed by atoms with E-state index >= 15 is 4.39 Å². The Hall–Kier alpha value is -2.99. The predicted molar refractivity (Wildman–Crippen MR) is 101 cm³/mol. The summed E-state index contributed by atoms with van der Waals surface area (Å²) in [6.07, 6.45) is -0.616. The van der Waals surface area contributed by atoms with E-state index in [1.165, 1.54) is 49.3 Å². The second-order valence-electron chi connectivity index (χ2n) is 6.57. The van der Waals surface area contributed by atoms with E-state index < -0.39 is 39.7 Å². The Labute approximate surface area is 172 Å². The first-order valence-electron chi connectivity index (χ1n) is 8.84. The first kappa shape index (κ1) is 21.7. The van der Waals surface area contributed by atoms with Gasteiger partial charge in [0, 0.05) is 0 Å². The third-order valence-electron chi connectivity index (χ3n) is 4.71. The summed E-state index contributed by atoms with van der Waals surface area (Å²) in [4.78, 5) is 20.5. The van der Waals surface area contributed by atoms with Crippen LogP contribution in [0, 0.1) is 0 Å². The highest BCUT2D eigenvalue weighted by atomic mass is 32.2. The summed E-state index contributed by atoms with van der Waals surface area (Å²) in [7, 11) is -2.11. The Kier molecular flexibility index (Phi) is 5.81. The number of methoxy groups -OCH3 is 2. The molecule has 0 radical (unpaired) electrons. The van der Waals surface area contributed by atoms with Gasteiger partial charge in [-0.05, 0) is 31.4 Å². The van der Waals surface area contributed by atoms with Gasteiger partial charge in [0.1, 0.15) is 5.75 Å². The monoisotopic (exact) mass is 441 g/mol. The second kappa shape index (κ2) is 8.03. The van der Waals surface area contributed by atoms with Crippen molar-refractivity contribution in [3.63, 3.8) is 0 Å².